The second-order valence-corrected chi connectivity index (χ2v) is 4.48. The summed E-state index contributed by atoms with van der Waals surface area (Å²) in [7, 11) is 3.99. The summed E-state index contributed by atoms with van der Waals surface area (Å²) in [5, 5.41) is 0. The van der Waals surface area contributed by atoms with Crippen molar-refractivity contribution in [2.75, 3.05) is 25.6 Å². The average Bonchev–Trinajstić information content (AvgIpc) is 2.26. The molecule has 0 aromatic heterocycles. The molecule has 0 radical (unpaired) electrons. The smallest absolute Gasteiger partial charge is 0.121 e. The van der Waals surface area contributed by atoms with Crippen molar-refractivity contribution in [2.24, 2.45) is 11.7 Å². The molecule has 1 rings (SSSR count). The highest BCUT2D eigenvalue weighted by Gasteiger charge is 2.06. The van der Waals surface area contributed by atoms with Gasteiger partial charge in [0.1, 0.15) is 5.75 Å². The Morgan fingerprint density at radius 3 is 2.75 bits per heavy atom. The third kappa shape index (κ3) is 3.70. The molecule has 1 aromatic carbocycles. The van der Waals surface area contributed by atoms with Crippen molar-refractivity contribution in [1.82, 2.24) is 0 Å². The predicted octanol–water partition coefficient (Wildman–Crippen LogP) is 2.05. The fourth-order valence-corrected chi connectivity index (χ4v) is 1.22. The molecular formula is C12H18N2OS. The van der Waals surface area contributed by atoms with Gasteiger partial charge in [-0.2, -0.15) is 0 Å². The van der Waals surface area contributed by atoms with E-state index < -0.39 is 0 Å². The van der Waals surface area contributed by atoms with Gasteiger partial charge in [0.2, 0.25) is 0 Å². The number of anilines is 1. The molecule has 1 atom stereocenters. The lowest BCUT2D eigenvalue weighted by atomic mass is 10.2. The lowest BCUT2D eigenvalue weighted by Crippen LogP contribution is -2.24. The number of hydrogen-bond acceptors (Lipinski definition) is 3. The van der Waals surface area contributed by atoms with Crippen LogP contribution in [0.3, 0.4) is 0 Å². The Morgan fingerprint density at radius 1 is 1.50 bits per heavy atom. The van der Waals surface area contributed by atoms with Crippen LogP contribution in [0.4, 0.5) is 5.69 Å². The van der Waals surface area contributed by atoms with Crippen LogP contribution in [0.5, 0.6) is 5.75 Å². The van der Waals surface area contributed by atoms with Gasteiger partial charge in [-0.15, -0.1) is 0 Å². The zero-order valence-corrected chi connectivity index (χ0v) is 10.8. The molecule has 1 unspecified atom stereocenters. The minimum Gasteiger partial charge on any atom is -0.493 e. The van der Waals surface area contributed by atoms with E-state index in [1.807, 2.05) is 50.2 Å². The summed E-state index contributed by atoms with van der Waals surface area (Å²) in [5.74, 6) is 0.937. The summed E-state index contributed by atoms with van der Waals surface area (Å²) in [4.78, 5) is 2.52. The van der Waals surface area contributed by atoms with E-state index in [-0.39, 0.29) is 5.92 Å². The van der Waals surface area contributed by atoms with Gasteiger partial charge in [0.25, 0.3) is 0 Å². The molecule has 2 N–H and O–H groups in total. The lowest BCUT2D eigenvalue weighted by Gasteiger charge is -2.15. The third-order valence-electron chi connectivity index (χ3n) is 2.32. The zero-order chi connectivity index (χ0) is 12.1. The molecular weight excluding hydrogens is 220 g/mol. The maximum atomic E-state index is 5.63. The molecule has 4 heteroatoms. The molecule has 0 bridgehead atoms. The van der Waals surface area contributed by atoms with E-state index >= 15 is 0 Å². The number of thiocarbonyl (C=S) groups is 1. The van der Waals surface area contributed by atoms with E-state index in [4.69, 9.17) is 22.7 Å². The van der Waals surface area contributed by atoms with Gasteiger partial charge < -0.3 is 15.4 Å². The normalized spacial score (nSPS) is 11.9. The summed E-state index contributed by atoms with van der Waals surface area (Å²) in [6.07, 6.45) is 0. The molecule has 88 valence electrons. The number of benzene rings is 1. The Labute approximate surface area is 102 Å². The highest BCUT2D eigenvalue weighted by Crippen LogP contribution is 2.19. The molecule has 0 fully saturated rings. The molecule has 0 aliphatic heterocycles. The quantitative estimate of drug-likeness (QED) is 0.797. The molecule has 3 nitrogen and oxygen atoms in total. The molecule has 0 saturated heterocycles. The van der Waals surface area contributed by atoms with E-state index in [1.54, 1.807) is 0 Å². The van der Waals surface area contributed by atoms with E-state index in [1.165, 1.54) is 0 Å². The van der Waals surface area contributed by atoms with Crippen molar-refractivity contribution >= 4 is 22.9 Å². The molecule has 0 saturated carbocycles. The zero-order valence-electron chi connectivity index (χ0n) is 9.93. The lowest BCUT2D eigenvalue weighted by molar-refractivity contribution is 0.293. The molecule has 0 aliphatic rings. The first-order valence-electron chi connectivity index (χ1n) is 5.20. The minimum absolute atomic E-state index is 0.0954. The van der Waals surface area contributed by atoms with Gasteiger partial charge >= 0.3 is 0 Å². The maximum absolute atomic E-state index is 5.63. The maximum Gasteiger partial charge on any atom is 0.121 e. The van der Waals surface area contributed by atoms with Crippen LogP contribution in [0.15, 0.2) is 24.3 Å². The van der Waals surface area contributed by atoms with Gasteiger partial charge in [0.15, 0.2) is 0 Å². The molecule has 0 amide bonds. The SMILES string of the molecule is CC(COc1cccc(N(C)C)c1)C(N)=S. The molecule has 1 aromatic rings. The fraction of sp³-hybridized carbons (Fsp3) is 0.417. The highest BCUT2D eigenvalue weighted by atomic mass is 32.1. The fourth-order valence-electron chi connectivity index (χ4n) is 1.15. The highest BCUT2D eigenvalue weighted by molar-refractivity contribution is 7.80. The van der Waals surface area contributed by atoms with Crippen LogP contribution >= 0.6 is 12.2 Å². The van der Waals surface area contributed by atoms with E-state index in [0.29, 0.717) is 11.6 Å². The Hall–Kier alpha value is -1.29. The van der Waals surface area contributed by atoms with Gasteiger partial charge in [0.05, 0.1) is 11.6 Å². The average molecular weight is 238 g/mol. The second-order valence-electron chi connectivity index (χ2n) is 4.01. The first kappa shape index (κ1) is 12.8. The Morgan fingerprint density at radius 2 is 2.19 bits per heavy atom. The van der Waals surface area contributed by atoms with E-state index in [9.17, 15) is 0 Å². The molecule has 0 spiro atoms. The van der Waals surface area contributed by atoms with Crippen LogP contribution in [-0.4, -0.2) is 25.7 Å². The van der Waals surface area contributed by atoms with Crippen molar-refractivity contribution in [1.29, 1.82) is 0 Å². The van der Waals surface area contributed by atoms with Crippen LogP contribution in [0.1, 0.15) is 6.92 Å². The van der Waals surface area contributed by atoms with Gasteiger partial charge in [0, 0.05) is 31.8 Å². The third-order valence-corrected chi connectivity index (χ3v) is 2.72. The predicted molar refractivity (Wildman–Crippen MR) is 72.2 cm³/mol. The van der Waals surface area contributed by atoms with Crippen molar-refractivity contribution in [3.05, 3.63) is 24.3 Å². The van der Waals surface area contributed by atoms with Gasteiger partial charge in [-0.1, -0.05) is 25.2 Å². The summed E-state index contributed by atoms with van der Waals surface area (Å²) >= 11 is 4.89. The summed E-state index contributed by atoms with van der Waals surface area (Å²) in [6.45, 7) is 2.48. The Kier molecular flexibility index (Phi) is 4.55. The van der Waals surface area contributed by atoms with E-state index in [2.05, 4.69) is 0 Å². The number of nitrogens with zero attached hydrogens (tertiary/aromatic N) is 1. The summed E-state index contributed by atoms with van der Waals surface area (Å²) in [5.41, 5.74) is 6.63. The van der Waals surface area contributed by atoms with Crippen molar-refractivity contribution in [3.8, 4) is 5.75 Å². The van der Waals surface area contributed by atoms with Crippen LogP contribution in [-0.2, 0) is 0 Å². The molecule has 0 heterocycles. The Bertz CT molecular complexity index is 366. The van der Waals surface area contributed by atoms with Crippen LogP contribution in [0.25, 0.3) is 0 Å². The minimum atomic E-state index is 0.0954. The largest absolute Gasteiger partial charge is 0.493 e. The van der Waals surface area contributed by atoms with Gasteiger partial charge in [-0.3, -0.25) is 0 Å². The standard InChI is InChI=1S/C12H18N2OS/c1-9(12(13)16)8-15-11-6-4-5-10(7-11)14(2)3/h4-7,9H,8H2,1-3H3,(H2,13,16). The first-order valence-corrected chi connectivity index (χ1v) is 5.61. The molecule has 0 aliphatic carbocycles. The van der Waals surface area contributed by atoms with Gasteiger partial charge in [-0.05, 0) is 12.1 Å². The van der Waals surface area contributed by atoms with Crippen molar-refractivity contribution in [2.45, 2.75) is 6.92 Å². The van der Waals surface area contributed by atoms with E-state index in [0.717, 1.165) is 11.4 Å². The van der Waals surface area contributed by atoms with Crippen LogP contribution in [0, 0.1) is 5.92 Å². The number of ether oxygens (including phenoxy) is 1. The van der Waals surface area contributed by atoms with Crippen LogP contribution in [0.2, 0.25) is 0 Å². The van der Waals surface area contributed by atoms with Crippen molar-refractivity contribution in [3.63, 3.8) is 0 Å². The number of rotatable bonds is 5. The summed E-state index contributed by atoms with van der Waals surface area (Å²) < 4.78 is 5.63. The van der Waals surface area contributed by atoms with Gasteiger partial charge in [-0.25, -0.2) is 0 Å². The van der Waals surface area contributed by atoms with Crippen molar-refractivity contribution < 1.29 is 4.74 Å². The van der Waals surface area contributed by atoms with Crippen LogP contribution < -0.4 is 15.4 Å². The summed E-state index contributed by atoms with van der Waals surface area (Å²) in [6, 6.07) is 7.92. The second kappa shape index (κ2) is 5.70. The molecule has 16 heavy (non-hydrogen) atoms. The number of nitrogens with two attached hydrogens (primary N) is 1. The monoisotopic (exact) mass is 238 g/mol. The Balaban J connectivity index is 2.60. The first-order chi connectivity index (χ1) is 7.50. The topological polar surface area (TPSA) is 38.5 Å². The number of hydrogen-bond donors (Lipinski definition) is 1.